The first-order chi connectivity index (χ1) is 13.9. The Balaban J connectivity index is 0.00000320. The Morgan fingerprint density at radius 3 is 2.13 bits per heavy atom. The first-order valence-corrected chi connectivity index (χ1v) is 10.6. The Morgan fingerprint density at radius 2 is 1.50 bits per heavy atom. The molecule has 0 aliphatic carbocycles. The van der Waals surface area contributed by atoms with Crippen LogP contribution >= 0.6 is 0 Å². The molecule has 0 atom stereocenters. The van der Waals surface area contributed by atoms with E-state index >= 15 is 0 Å². The van der Waals surface area contributed by atoms with E-state index in [1.54, 1.807) is 13.0 Å². The Labute approximate surface area is 203 Å². The van der Waals surface area contributed by atoms with Gasteiger partial charge in [0.05, 0.1) is 18.7 Å². The second-order valence-corrected chi connectivity index (χ2v) is 8.22. The molecule has 0 amide bonds. The van der Waals surface area contributed by atoms with Crippen molar-refractivity contribution < 1.29 is 55.1 Å². The van der Waals surface area contributed by atoms with Crippen LogP contribution in [-0.2, 0) is 45.4 Å². The maximum atomic E-state index is 13.4. The van der Waals surface area contributed by atoms with Crippen LogP contribution in [0.25, 0.3) is 0 Å². The molecule has 1 aliphatic rings. The largest absolute Gasteiger partial charge is 0.487 e. The summed E-state index contributed by atoms with van der Waals surface area (Å²) in [5.41, 5.74) is 1.13. The maximum absolute atomic E-state index is 13.4. The molecule has 2 nitrogen and oxygen atoms in total. The van der Waals surface area contributed by atoms with Crippen LogP contribution < -0.4 is 4.74 Å². The van der Waals surface area contributed by atoms with E-state index in [9.17, 15) is 13.2 Å². The summed E-state index contributed by atoms with van der Waals surface area (Å²) in [4.78, 5) is 0. The van der Waals surface area contributed by atoms with Crippen molar-refractivity contribution in [1.29, 1.82) is 0 Å². The van der Waals surface area contributed by atoms with Gasteiger partial charge in [0, 0.05) is 38.3 Å². The number of hydrogen-bond donors (Lipinski definition) is 0. The van der Waals surface area contributed by atoms with E-state index < -0.39 is 11.7 Å². The van der Waals surface area contributed by atoms with Gasteiger partial charge in [-0.3, -0.25) is 0 Å². The maximum Gasteiger partial charge on any atom is 0.419 e. The summed E-state index contributed by atoms with van der Waals surface area (Å²) in [6.45, 7) is 5.71. The zero-order chi connectivity index (χ0) is 20.7. The summed E-state index contributed by atoms with van der Waals surface area (Å²) >= 11 is 0. The van der Waals surface area contributed by atoms with Crippen molar-refractivity contribution in [3.05, 3.63) is 65.2 Å². The third-order valence-corrected chi connectivity index (χ3v) is 5.96. The van der Waals surface area contributed by atoms with Gasteiger partial charge in [0.25, 0.3) is 0 Å². The Morgan fingerprint density at radius 1 is 0.867 bits per heavy atom. The fourth-order valence-electron chi connectivity index (χ4n) is 4.38. The number of para-hydroxylation sites is 1. The average molecular weight is 495 g/mol. The number of alkyl halides is 3. The van der Waals surface area contributed by atoms with E-state index in [-0.39, 0.29) is 38.5 Å². The van der Waals surface area contributed by atoms with Crippen molar-refractivity contribution in [2.75, 3.05) is 26.2 Å². The molecule has 3 rings (SSSR count). The van der Waals surface area contributed by atoms with Crippen molar-refractivity contribution in [3.8, 4) is 5.75 Å². The van der Waals surface area contributed by atoms with Crippen LogP contribution in [0.4, 0.5) is 13.2 Å². The Kier molecular flexibility index (Phi) is 9.84. The topological polar surface area (TPSA) is 9.23 Å². The molecule has 1 saturated heterocycles. The SMILES string of the molecule is Cc1cccc(C(F)(F)F)c1OCC[N+]1(Cc2ccccc2)CCCCCCC1.[Y]. The fraction of sp³-hybridized carbons (Fsp3) is 0.500. The zero-order valence-electron chi connectivity index (χ0n) is 17.8. The quantitative estimate of drug-likeness (QED) is 0.423. The second-order valence-electron chi connectivity index (χ2n) is 8.22. The van der Waals surface area contributed by atoms with Gasteiger partial charge in [-0.1, -0.05) is 48.9 Å². The minimum absolute atomic E-state index is 0. The normalized spacial score (nSPS) is 16.8. The molecule has 30 heavy (non-hydrogen) atoms. The van der Waals surface area contributed by atoms with E-state index in [0.717, 1.165) is 49.6 Å². The van der Waals surface area contributed by atoms with Gasteiger partial charge in [0.2, 0.25) is 0 Å². The molecule has 0 unspecified atom stereocenters. The molecule has 1 heterocycles. The minimum atomic E-state index is -4.40. The Bertz CT molecular complexity index is 772. The number of halogens is 3. The summed E-state index contributed by atoms with van der Waals surface area (Å²) in [5, 5.41) is 0. The van der Waals surface area contributed by atoms with Crippen LogP contribution in [0.5, 0.6) is 5.75 Å². The summed E-state index contributed by atoms with van der Waals surface area (Å²) in [5.74, 6) is -0.0232. The monoisotopic (exact) mass is 495 g/mol. The van der Waals surface area contributed by atoms with Gasteiger partial charge in [0.1, 0.15) is 25.4 Å². The van der Waals surface area contributed by atoms with E-state index in [4.69, 9.17) is 4.74 Å². The molecule has 2 aromatic carbocycles. The average Bonchev–Trinajstić information content (AvgIpc) is 2.66. The summed E-state index contributed by atoms with van der Waals surface area (Å²) < 4.78 is 46.8. The molecule has 1 radical (unpaired) electrons. The smallest absolute Gasteiger partial charge is 0.419 e. The van der Waals surface area contributed by atoms with Crippen molar-refractivity contribution in [1.82, 2.24) is 0 Å². The number of aryl methyl sites for hydroxylation is 1. The standard InChI is InChI=1S/C24H31F3NO.Y/c1-20-11-10-14-22(24(25,26)27)23(20)29-18-17-28(15-8-3-2-4-9-16-28)19-21-12-6-5-7-13-21;/h5-7,10-14H,2-4,8-9,15-19H2,1H3;/q+1;. The molecule has 2 aromatic rings. The summed E-state index contributed by atoms with van der Waals surface area (Å²) in [6.07, 6.45) is 1.64. The molecule has 0 saturated carbocycles. The van der Waals surface area contributed by atoms with Crippen molar-refractivity contribution in [2.45, 2.75) is 51.7 Å². The van der Waals surface area contributed by atoms with Gasteiger partial charge in [0.15, 0.2) is 0 Å². The first-order valence-electron chi connectivity index (χ1n) is 10.6. The molecule has 0 N–H and O–H groups in total. The van der Waals surface area contributed by atoms with Crippen LogP contribution in [0.15, 0.2) is 48.5 Å². The number of likely N-dealkylation sites (tertiary alicyclic amines) is 1. The number of quaternary nitrogens is 1. The fourth-order valence-corrected chi connectivity index (χ4v) is 4.38. The first kappa shape index (κ1) is 25.4. The number of rotatable bonds is 6. The third kappa shape index (κ3) is 7.07. The van der Waals surface area contributed by atoms with Crippen molar-refractivity contribution >= 4 is 0 Å². The van der Waals surface area contributed by atoms with Crippen LogP contribution in [-0.4, -0.2) is 30.7 Å². The molecule has 0 spiro atoms. The van der Waals surface area contributed by atoms with E-state index in [2.05, 4.69) is 24.3 Å². The molecule has 161 valence electrons. The zero-order valence-corrected chi connectivity index (χ0v) is 20.6. The minimum Gasteiger partial charge on any atom is -0.487 e. The predicted octanol–water partition coefficient (Wildman–Crippen LogP) is 6.37. The van der Waals surface area contributed by atoms with Crippen LogP contribution in [0, 0.1) is 6.92 Å². The van der Waals surface area contributed by atoms with Crippen LogP contribution in [0.2, 0.25) is 0 Å². The molecule has 0 aromatic heterocycles. The van der Waals surface area contributed by atoms with Gasteiger partial charge in [-0.2, -0.15) is 13.2 Å². The van der Waals surface area contributed by atoms with Crippen molar-refractivity contribution in [2.24, 2.45) is 0 Å². The van der Waals surface area contributed by atoms with Crippen molar-refractivity contribution in [3.63, 3.8) is 0 Å². The van der Waals surface area contributed by atoms with Gasteiger partial charge in [-0.15, -0.1) is 0 Å². The van der Waals surface area contributed by atoms with Gasteiger partial charge in [-0.25, -0.2) is 0 Å². The molecule has 6 heteroatoms. The van der Waals surface area contributed by atoms with Gasteiger partial charge < -0.3 is 9.22 Å². The number of hydrogen-bond acceptors (Lipinski definition) is 1. The molecule has 1 aliphatic heterocycles. The number of ether oxygens (including phenoxy) is 1. The number of benzene rings is 2. The Hall–Kier alpha value is -0.906. The number of nitrogens with zero attached hydrogens (tertiary/aromatic N) is 1. The van der Waals surface area contributed by atoms with E-state index in [0.29, 0.717) is 12.2 Å². The molecule has 0 bridgehead atoms. The van der Waals surface area contributed by atoms with E-state index in [1.165, 1.54) is 30.9 Å². The van der Waals surface area contributed by atoms with Crippen LogP contribution in [0.1, 0.15) is 48.8 Å². The molecular weight excluding hydrogens is 464 g/mol. The van der Waals surface area contributed by atoms with Crippen LogP contribution in [0.3, 0.4) is 0 Å². The third-order valence-electron chi connectivity index (χ3n) is 5.96. The second kappa shape index (κ2) is 11.6. The summed E-state index contributed by atoms with van der Waals surface area (Å²) in [6, 6.07) is 14.6. The summed E-state index contributed by atoms with van der Waals surface area (Å²) in [7, 11) is 0. The molecule has 1 fully saturated rings. The van der Waals surface area contributed by atoms with Gasteiger partial charge in [-0.05, 0) is 44.2 Å². The molecular formula is C24H31F3NOY+. The predicted molar refractivity (Wildman–Crippen MR) is 110 cm³/mol. The van der Waals surface area contributed by atoms with Gasteiger partial charge >= 0.3 is 6.18 Å². The van der Waals surface area contributed by atoms with E-state index in [1.807, 2.05) is 6.07 Å².